The predicted molar refractivity (Wildman–Crippen MR) is 78.3 cm³/mol. The second-order valence-electron chi connectivity index (χ2n) is 4.66. The van der Waals surface area contributed by atoms with E-state index >= 15 is 0 Å². The van der Waals surface area contributed by atoms with E-state index in [0.717, 1.165) is 23.1 Å². The van der Waals surface area contributed by atoms with E-state index in [1.165, 1.54) is 12.8 Å². The molecule has 0 saturated heterocycles. The van der Waals surface area contributed by atoms with Crippen LogP contribution in [0.3, 0.4) is 0 Å². The Balaban J connectivity index is 1.89. The minimum atomic E-state index is 0.521. The van der Waals surface area contributed by atoms with E-state index in [0.29, 0.717) is 10.9 Å². The molecule has 4 nitrogen and oxygen atoms in total. The van der Waals surface area contributed by atoms with Gasteiger partial charge in [0.2, 0.25) is 0 Å². The third-order valence-electron chi connectivity index (χ3n) is 3.04. The van der Waals surface area contributed by atoms with E-state index < -0.39 is 0 Å². The van der Waals surface area contributed by atoms with Gasteiger partial charge in [-0.15, -0.1) is 0 Å². The number of anilines is 3. The molecular weight excluding hydrogens is 260 g/mol. The summed E-state index contributed by atoms with van der Waals surface area (Å²) in [6.45, 7) is 0. The van der Waals surface area contributed by atoms with Crippen LogP contribution in [-0.2, 0) is 0 Å². The smallest absolute Gasteiger partial charge is 0.136 e. The van der Waals surface area contributed by atoms with E-state index in [-0.39, 0.29) is 0 Å². The second-order valence-corrected chi connectivity index (χ2v) is 5.09. The fourth-order valence-electron chi connectivity index (χ4n) is 1.90. The summed E-state index contributed by atoms with van der Waals surface area (Å²) in [4.78, 5) is 9.05. The SMILES string of the molecule is CNc1cc(Nc2cccc(Cl)c2)nc(C2CC2)n1. The van der Waals surface area contributed by atoms with Crippen LogP contribution in [-0.4, -0.2) is 17.0 Å². The average molecular weight is 275 g/mol. The highest BCUT2D eigenvalue weighted by molar-refractivity contribution is 6.30. The molecule has 1 aromatic heterocycles. The molecule has 0 atom stereocenters. The number of aromatic nitrogens is 2. The van der Waals surface area contributed by atoms with Gasteiger partial charge in [0.1, 0.15) is 17.5 Å². The van der Waals surface area contributed by atoms with E-state index in [9.17, 15) is 0 Å². The molecule has 0 unspecified atom stereocenters. The lowest BCUT2D eigenvalue weighted by Crippen LogP contribution is -2.03. The first kappa shape index (κ1) is 12.2. The van der Waals surface area contributed by atoms with Crippen molar-refractivity contribution in [1.82, 2.24) is 9.97 Å². The van der Waals surface area contributed by atoms with E-state index in [4.69, 9.17) is 11.6 Å². The number of nitrogens with one attached hydrogen (secondary N) is 2. The molecule has 1 aromatic carbocycles. The van der Waals surface area contributed by atoms with Crippen molar-refractivity contribution in [3.05, 3.63) is 41.2 Å². The maximum Gasteiger partial charge on any atom is 0.136 e. The fraction of sp³-hybridized carbons (Fsp3) is 0.286. The van der Waals surface area contributed by atoms with Gasteiger partial charge in [-0.3, -0.25) is 0 Å². The molecule has 3 rings (SSSR count). The molecule has 98 valence electrons. The summed E-state index contributed by atoms with van der Waals surface area (Å²) in [7, 11) is 1.86. The van der Waals surface area contributed by atoms with Crippen LogP contribution < -0.4 is 10.6 Å². The van der Waals surface area contributed by atoms with Crippen LogP contribution in [0.4, 0.5) is 17.3 Å². The summed E-state index contributed by atoms with van der Waals surface area (Å²) in [5, 5.41) is 7.04. The van der Waals surface area contributed by atoms with Gasteiger partial charge in [-0.1, -0.05) is 17.7 Å². The van der Waals surface area contributed by atoms with Crippen molar-refractivity contribution in [2.24, 2.45) is 0 Å². The van der Waals surface area contributed by atoms with Gasteiger partial charge in [-0.2, -0.15) is 0 Å². The van der Waals surface area contributed by atoms with Crippen molar-refractivity contribution in [2.45, 2.75) is 18.8 Å². The Morgan fingerprint density at radius 3 is 2.63 bits per heavy atom. The van der Waals surface area contributed by atoms with Gasteiger partial charge in [0.25, 0.3) is 0 Å². The standard InChI is InChI=1S/C14H15ClN4/c1-16-12-8-13(19-14(18-12)9-5-6-9)17-11-4-2-3-10(15)7-11/h2-4,7-9H,5-6H2,1H3,(H2,16,17,18,19). The normalized spacial score (nSPS) is 14.2. The lowest BCUT2D eigenvalue weighted by Gasteiger charge is -2.09. The molecule has 2 N–H and O–H groups in total. The highest BCUT2D eigenvalue weighted by atomic mass is 35.5. The predicted octanol–water partition coefficient (Wildman–Crippen LogP) is 3.79. The molecule has 1 aliphatic carbocycles. The van der Waals surface area contributed by atoms with Crippen molar-refractivity contribution < 1.29 is 0 Å². The molecule has 1 fully saturated rings. The quantitative estimate of drug-likeness (QED) is 0.890. The Bertz CT molecular complexity index is 596. The maximum atomic E-state index is 5.98. The summed E-state index contributed by atoms with van der Waals surface area (Å²) in [5.41, 5.74) is 0.926. The first-order valence-electron chi connectivity index (χ1n) is 6.34. The van der Waals surface area contributed by atoms with Crippen molar-refractivity contribution in [2.75, 3.05) is 17.7 Å². The third-order valence-corrected chi connectivity index (χ3v) is 3.27. The number of hydrogen-bond acceptors (Lipinski definition) is 4. The zero-order valence-corrected chi connectivity index (χ0v) is 11.4. The first-order chi connectivity index (χ1) is 9.24. The van der Waals surface area contributed by atoms with Gasteiger partial charge in [-0.25, -0.2) is 9.97 Å². The number of hydrogen-bond donors (Lipinski definition) is 2. The second kappa shape index (κ2) is 5.05. The maximum absolute atomic E-state index is 5.98. The summed E-state index contributed by atoms with van der Waals surface area (Å²) in [6.07, 6.45) is 2.37. The van der Waals surface area contributed by atoms with Crippen LogP contribution in [0.15, 0.2) is 30.3 Å². The molecule has 1 aliphatic rings. The monoisotopic (exact) mass is 274 g/mol. The van der Waals surface area contributed by atoms with Gasteiger partial charge >= 0.3 is 0 Å². The van der Waals surface area contributed by atoms with E-state index in [1.54, 1.807) is 0 Å². The largest absolute Gasteiger partial charge is 0.373 e. The third kappa shape index (κ3) is 2.96. The Morgan fingerprint density at radius 2 is 1.95 bits per heavy atom. The van der Waals surface area contributed by atoms with Gasteiger partial charge in [0.05, 0.1) is 0 Å². The molecular formula is C14H15ClN4. The number of benzene rings is 1. The van der Waals surface area contributed by atoms with Crippen LogP contribution in [0.1, 0.15) is 24.6 Å². The Labute approximate surface area is 117 Å². The molecule has 0 amide bonds. The van der Waals surface area contributed by atoms with Crippen LogP contribution in [0.25, 0.3) is 0 Å². The van der Waals surface area contributed by atoms with Crippen LogP contribution in [0.5, 0.6) is 0 Å². The Kier molecular flexibility index (Phi) is 3.25. The zero-order valence-electron chi connectivity index (χ0n) is 10.7. The van der Waals surface area contributed by atoms with Crippen LogP contribution in [0.2, 0.25) is 5.02 Å². The average Bonchev–Trinajstić information content (AvgIpc) is 3.22. The summed E-state index contributed by atoms with van der Waals surface area (Å²) in [5.74, 6) is 3.06. The molecule has 19 heavy (non-hydrogen) atoms. The summed E-state index contributed by atoms with van der Waals surface area (Å²) in [6, 6.07) is 9.49. The van der Waals surface area contributed by atoms with E-state index in [1.807, 2.05) is 37.4 Å². The lowest BCUT2D eigenvalue weighted by molar-refractivity contribution is 0.932. The van der Waals surface area contributed by atoms with Gasteiger partial charge in [0.15, 0.2) is 0 Å². The highest BCUT2D eigenvalue weighted by Gasteiger charge is 2.27. The van der Waals surface area contributed by atoms with Crippen molar-refractivity contribution in [1.29, 1.82) is 0 Å². The van der Waals surface area contributed by atoms with Crippen molar-refractivity contribution in [3.8, 4) is 0 Å². The van der Waals surface area contributed by atoms with Crippen LogP contribution >= 0.6 is 11.6 Å². The van der Waals surface area contributed by atoms with E-state index in [2.05, 4.69) is 20.6 Å². The van der Waals surface area contributed by atoms with Gasteiger partial charge in [-0.05, 0) is 31.0 Å². The molecule has 5 heteroatoms. The Morgan fingerprint density at radius 1 is 1.16 bits per heavy atom. The molecule has 2 aromatic rings. The van der Waals surface area contributed by atoms with Crippen molar-refractivity contribution in [3.63, 3.8) is 0 Å². The number of halogens is 1. The minimum absolute atomic E-state index is 0.521. The lowest BCUT2D eigenvalue weighted by atomic mass is 10.3. The van der Waals surface area contributed by atoms with Crippen LogP contribution in [0, 0.1) is 0 Å². The minimum Gasteiger partial charge on any atom is -0.373 e. The molecule has 0 bridgehead atoms. The Hall–Kier alpha value is -1.81. The van der Waals surface area contributed by atoms with Gasteiger partial charge < -0.3 is 10.6 Å². The molecule has 0 aliphatic heterocycles. The summed E-state index contributed by atoms with van der Waals surface area (Å²) >= 11 is 5.98. The first-order valence-corrected chi connectivity index (χ1v) is 6.72. The topological polar surface area (TPSA) is 49.8 Å². The molecule has 1 saturated carbocycles. The molecule has 1 heterocycles. The van der Waals surface area contributed by atoms with Gasteiger partial charge in [0, 0.05) is 29.7 Å². The van der Waals surface area contributed by atoms with Crippen molar-refractivity contribution >= 4 is 28.9 Å². The fourth-order valence-corrected chi connectivity index (χ4v) is 2.09. The molecule has 0 spiro atoms. The zero-order chi connectivity index (χ0) is 13.2. The number of rotatable bonds is 4. The molecule has 0 radical (unpaired) electrons. The highest BCUT2D eigenvalue weighted by Crippen LogP contribution is 2.39. The number of nitrogens with zero attached hydrogens (tertiary/aromatic N) is 2. The summed E-state index contributed by atoms with van der Waals surface area (Å²) < 4.78 is 0.